The highest BCUT2D eigenvalue weighted by Gasteiger charge is 2.17. The normalized spacial score (nSPS) is 11.4. The molecule has 30 heavy (non-hydrogen) atoms. The molecule has 1 amide bonds. The second-order valence-electron chi connectivity index (χ2n) is 6.79. The van der Waals surface area contributed by atoms with Crippen molar-refractivity contribution >= 4 is 39.2 Å². The van der Waals surface area contributed by atoms with E-state index in [1.807, 2.05) is 0 Å². The Kier molecular flexibility index (Phi) is 6.09. The van der Waals surface area contributed by atoms with Crippen LogP contribution in [0.5, 0.6) is 0 Å². The van der Waals surface area contributed by atoms with Crippen LogP contribution in [0.3, 0.4) is 0 Å². The average molecular weight is 449 g/mol. The number of aromatic nitrogens is 4. The summed E-state index contributed by atoms with van der Waals surface area (Å²) in [5.41, 5.74) is 3.11. The van der Waals surface area contributed by atoms with Crippen LogP contribution in [0.2, 0.25) is 5.02 Å². The molecule has 0 aliphatic rings. The fourth-order valence-electron chi connectivity index (χ4n) is 2.83. The summed E-state index contributed by atoms with van der Waals surface area (Å²) in [6.45, 7) is 7.04. The quantitative estimate of drug-likeness (QED) is 0.598. The van der Waals surface area contributed by atoms with Crippen molar-refractivity contribution in [1.29, 1.82) is 0 Å². The highest BCUT2D eigenvalue weighted by atomic mass is 35.5. The number of aryl methyl sites for hydroxylation is 3. The van der Waals surface area contributed by atoms with Gasteiger partial charge in [-0.05, 0) is 58.0 Å². The van der Waals surface area contributed by atoms with Crippen molar-refractivity contribution in [1.82, 2.24) is 19.7 Å². The summed E-state index contributed by atoms with van der Waals surface area (Å²) in [6, 6.07) is 7.53. The summed E-state index contributed by atoms with van der Waals surface area (Å²) in [5, 5.41) is 7.45. The van der Waals surface area contributed by atoms with E-state index in [9.17, 15) is 13.2 Å². The van der Waals surface area contributed by atoms with E-state index in [-0.39, 0.29) is 23.3 Å². The van der Waals surface area contributed by atoms with Crippen LogP contribution in [0.4, 0.5) is 11.6 Å². The Morgan fingerprint density at radius 1 is 1.07 bits per heavy atom. The molecule has 0 aliphatic carbocycles. The molecular weight excluding hydrogens is 428 g/mol. The molecule has 158 valence electrons. The van der Waals surface area contributed by atoms with Crippen LogP contribution >= 0.6 is 11.6 Å². The summed E-state index contributed by atoms with van der Waals surface area (Å²) < 4.78 is 29.0. The van der Waals surface area contributed by atoms with E-state index in [1.165, 1.54) is 28.9 Å². The van der Waals surface area contributed by atoms with Crippen LogP contribution in [0.25, 0.3) is 0 Å². The Bertz CT molecular complexity index is 1190. The summed E-state index contributed by atoms with van der Waals surface area (Å²) >= 11 is 6.09. The van der Waals surface area contributed by atoms with E-state index in [4.69, 9.17) is 11.6 Å². The van der Waals surface area contributed by atoms with Gasteiger partial charge >= 0.3 is 0 Å². The van der Waals surface area contributed by atoms with Gasteiger partial charge in [0.05, 0.1) is 21.3 Å². The topological polar surface area (TPSA) is 119 Å². The first-order chi connectivity index (χ1) is 14.0. The number of hydrogen-bond acceptors (Lipinski definition) is 6. The molecule has 0 fully saturated rings. The minimum Gasteiger partial charge on any atom is -0.324 e. The minimum atomic E-state index is -3.86. The highest BCUT2D eigenvalue weighted by Crippen LogP contribution is 2.20. The zero-order chi connectivity index (χ0) is 22.1. The van der Waals surface area contributed by atoms with Crippen molar-refractivity contribution in [2.75, 3.05) is 10.0 Å². The number of benzene rings is 1. The third kappa shape index (κ3) is 4.95. The van der Waals surface area contributed by atoms with Gasteiger partial charge in [0.15, 0.2) is 0 Å². The van der Waals surface area contributed by atoms with E-state index in [1.54, 1.807) is 33.8 Å². The van der Waals surface area contributed by atoms with E-state index < -0.39 is 10.0 Å². The van der Waals surface area contributed by atoms with E-state index >= 15 is 0 Å². The molecule has 1 aromatic carbocycles. The fourth-order valence-corrected chi connectivity index (χ4v) is 3.91. The molecule has 2 aromatic heterocycles. The van der Waals surface area contributed by atoms with E-state index in [0.29, 0.717) is 33.5 Å². The number of anilines is 2. The monoisotopic (exact) mass is 448 g/mol. The van der Waals surface area contributed by atoms with E-state index in [2.05, 4.69) is 25.1 Å². The standard InChI is InChI=1S/C19H21ClN6O3S/c1-11-9-12(2)22-19(21-11)25-30(28,29)16-7-5-15(6-8-16)23-17(27)10-26-14(4)18(20)13(3)24-26/h5-9H,10H2,1-4H3,(H,23,27)(H,21,22,25). The molecule has 0 unspecified atom stereocenters. The molecule has 0 saturated carbocycles. The number of carbonyl (C=O) groups excluding carboxylic acids is 1. The van der Waals surface area contributed by atoms with Gasteiger partial charge in [0, 0.05) is 17.1 Å². The van der Waals surface area contributed by atoms with Crippen molar-refractivity contribution in [2.24, 2.45) is 0 Å². The molecule has 0 atom stereocenters. The van der Waals surface area contributed by atoms with Gasteiger partial charge < -0.3 is 5.32 Å². The van der Waals surface area contributed by atoms with Crippen LogP contribution in [-0.4, -0.2) is 34.1 Å². The van der Waals surface area contributed by atoms with Crippen molar-refractivity contribution in [2.45, 2.75) is 39.1 Å². The van der Waals surface area contributed by atoms with Gasteiger partial charge in [-0.1, -0.05) is 11.6 Å². The van der Waals surface area contributed by atoms with Gasteiger partial charge in [-0.2, -0.15) is 5.10 Å². The van der Waals surface area contributed by atoms with Crippen molar-refractivity contribution in [3.05, 3.63) is 58.1 Å². The lowest BCUT2D eigenvalue weighted by molar-refractivity contribution is -0.116. The van der Waals surface area contributed by atoms with Gasteiger partial charge in [-0.3, -0.25) is 9.48 Å². The molecule has 11 heteroatoms. The van der Waals surface area contributed by atoms with Crippen LogP contribution in [0, 0.1) is 27.7 Å². The molecule has 0 aliphatic heterocycles. The average Bonchev–Trinajstić information content (AvgIpc) is 2.87. The smallest absolute Gasteiger partial charge is 0.264 e. The van der Waals surface area contributed by atoms with Crippen LogP contribution < -0.4 is 10.0 Å². The Hall–Kier alpha value is -2.98. The maximum atomic E-state index is 12.6. The molecule has 3 rings (SSSR count). The molecular formula is C19H21ClN6O3S. The Balaban J connectivity index is 1.69. The molecule has 2 N–H and O–H groups in total. The van der Waals surface area contributed by atoms with Crippen molar-refractivity contribution in [3.63, 3.8) is 0 Å². The molecule has 2 heterocycles. The molecule has 0 spiro atoms. The summed E-state index contributed by atoms with van der Waals surface area (Å²) in [7, 11) is -3.86. The summed E-state index contributed by atoms with van der Waals surface area (Å²) in [6.07, 6.45) is 0. The first-order valence-electron chi connectivity index (χ1n) is 8.99. The third-order valence-corrected chi connectivity index (χ3v) is 6.13. The summed E-state index contributed by atoms with van der Waals surface area (Å²) in [5.74, 6) is -0.303. The second kappa shape index (κ2) is 8.41. The maximum absolute atomic E-state index is 12.6. The summed E-state index contributed by atoms with van der Waals surface area (Å²) in [4.78, 5) is 20.5. The fraction of sp³-hybridized carbons (Fsp3) is 0.263. The lowest BCUT2D eigenvalue weighted by Crippen LogP contribution is -2.20. The number of nitrogens with one attached hydrogen (secondary N) is 2. The zero-order valence-corrected chi connectivity index (χ0v) is 18.5. The molecule has 9 nitrogen and oxygen atoms in total. The number of carbonyl (C=O) groups is 1. The number of rotatable bonds is 6. The van der Waals surface area contributed by atoms with Gasteiger partial charge in [0.1, 0.15) is 6.54 Å². The highest BCUT2D eigenvalue weighted by molar-refractivity contribution is 7.92. The predicted molar refractivity (Wildman–Crippen MR) is 114 cm³/mol. The molecule has 0 saturated heterocycles. The van der Waals surface area contributed by atoms with Crippen molar-refractivity contribution in [3.8, 4) is 0 Å². The lowest BCUT2D eigenvalue weighted by Gasteiger charge is -2.10. The number of amides is 1. The number of halogens is 1. The number of nitrogens with zero attached hydrogens (tertiary/aromatic N) is 4. The van der Waals surface area contributed by atoms with Gasteiger partial charge in [-0.25, -0.2) is 23.1 Å². The predicted octanol–water partition coefficient (Wildman–Crippen LogP) is 3.00. The minimum absolute atomic E-state index is 0.00780. The zero-order valence-electron chi connectivity index (χ0n) is 16.9. The Morgan fingerprint density at radius 3 is 2.20 bits per heavy atom. The molecule has 0 bridgehead atoms. The number of sulfonamides is 1. The molecule has 3 aromatic rings. The van der Waals surface area contributed by atoms with Gasteiger partial charge in [-0.15, -0.1) is 0 Å². The van der Waals surface area contributed by atoms with Crippen molar-refractivity contribution < 1.29 is 13.2 Å². The maximum Gasteiger partial charge on any atom is 0.264 e. The lowest BCUT2D eigenvalue weighted by atomic mass is 10.3. The van der Waals surface area contributed by atoms with E-state index in [0.717, 1.165) is 0 Å². The number of hydrogen-bond donors (Lipinski definition) is 2. The Labute approximate surface area is 179 Å². The Morgan fingerprint density at radius 2 is 1.67 bits per heavy atom. The first kappa shape index (κ1) is 21.7. The van der Waals surface area contributed by atoms with Gasteiger partial charge in [0.25, 0.3) is 10.0 Å². The third-order valence-electron chi connectivity index (χ3n) is 4.24. The van der Waals surface area contributed by atoms with Crippen LogP contribution in [-0.2, 0) is 21.4 Å². The second-order valence-corrected chi connectivity index (χ2v) is 8.86. The molecule has 0 radical (unpaired) electrons. The SMILES string of the molecule is Cc1cc(C)nc(NS(=O)(=O)c2ccc(NC(=O)Cn3nc(C)c(Cl)c3C)cc2)n1. The van der Waals surface area contributed by atoms with Crippen LogP contribution in [0.1, 0.15) is 22.8 Å². The van der Waals surface area contributed by atoms with Gasteiger partial charge in [0.2, 0.25) is 11.9 Å². The first-order valence-corrected chi connectivity index (χ1v) is 10.9. The largest absolute Gasteiger partial charge is 0.324 e. The van der Waals surface area contributed by atoms with Crippen LogP contribution in [0.15, 0.2) is 35.2 Å².